The number of nitrogens with zero attached hydrogens (tertiary/aromatic N) is 2. The molecule has 0 radical (unpaired) electrons. The predicted molar refractivity (Wildman–Crippen MR) is 65.2 cm³/mol. The van der Waals surface area contributed by atoms with E-state index in [1.807, 2.05) is 6.07 Å². The molecular formula is C13H13F3N2O2. The number of anilines is 1. The molecule has 20 heavy (non-hydrogen) atoms. The number of hydrogen-bond acceptors (Lipinski definition) is 4. The number of halogens is 3. The summed E-state index contributed by atoms with van der Waals surface area (Å²) in [6.45, 7) is 0.429. The Kier molecular flexibility index (Phi) is 4.16. The zero-order chi connectivity index (χ0) is 14.8. The first-order valence-electron chi connectivity index (χ1n) is 6.04. The second-order valence-electron chi connectivity index (χ2n) is 4.46. The van der Waals surface area contributed by atoms with Crippen LogP contribution in [0.4, 0.5) is 18.9 Å². The highest BCUT2D eigenvalue weighted by Crippen LogP contribution is 2.37. The molecule has 0 aromatic heterocycles. The molecule has 1 saturated heterocycles. The predicted octanol–water partition coefficient (Wildman–Crippen LogP) is 1.77. The lowest BCUT2D eigenvalue weighted by atomic mass is 10.1. The van der Waals surface area contributed by atoms with Crippen LogP contribution in [-0.4, -0.2) is 37.5 Å². The van der Waals surface area contributed by atoms with Crippen LogP contribution in [0.15, 0.2) is 18.2 Å². The first kappa shape index (κ1) is 14.6. The standard InChI is InChI=1S/C13H13F3N2O2/c14-13(15,16)11-2-1-9(6-17)5-12(11)18-3-4-20-10(7-18)8-19/h1-2,5,10,19H,3-4,7-8H2. The second-order valence-corrected chi connectivity index (χ2v) is 4.46. The molecule has 1 heterocycles. The Labute approximate surface area is 114 Å². The van der Waals surface area contributed by atoms with Gasteiger partial charge in [-0.1, -0.05) is 0 Å². The van der Waals surface area contributed by atoms with Gasteiger partial charge in [-0.3, -0.25) is 0 Å². The first-order chi connectivity index (χ1) is 9.45. The van der Waals surface area contributed by atoms with Crippen molar-refractivity contribution >= 4 is 5.69 Å². The van der Waals surface area contributed by atoms with Crippen LogP contribution in [0, 0.1) is 11.3 Å². The van der Waals surface area contributed by atoms with Gasteiger partial charge in [0.2, 0.25) is 0 Å². The molecule has 1 aliphatic heterocycles. The molecule has 1 N–H and O–H groups in total. The number of rotatable bonds is 2. The average molecular weight is 286 g/mol. The Morgan fingerprint density at radius 1 is 1.45 bits per heavy atom. The molecule has 0 saturated carbocycles. The van der Waals surface area contributed by atoms with Crippen molar-refractivity contribution < 1.29 is 23.0 Å². The van der Waals surface area contributed by atoms with Crippen molar-refractivity contribution in [3.8, 4) is 6.07 Å². The van der Waals surface area contributed by atoms with Crippen LogP contribution in [0.2, 0.25) is 0 Å². The summed E-state index contributed by atoms with van der Waals surface area (Å²) >= 11 is 0. The molecule has 0 amide bonds. The minimum Gasteiger partial charge on any atom is -0.394 e. The highest BCUT2D eigenvalue weighted by Gasteiger charge is 2.36. The van der Waals surface area contributed by atoms with Crippen molar-refractivity contribution in [2.24, 2.45) is 0 Å². The van der Waals surface area contributed by atoms with E-state index in [0.29, 0.717) is 0 Å². The fraction of sp³-hybridized carbons (Fsp3) is 0.462. The van der Waals surface area contributed by atoms with Gasteiger partial charge in [-0.15, -0.1) is 0 Å². The maximum absolute atomic E-state index is 13.0. The molecule has 1 unspecified atom stereocenters. The maximum atomic E-state index is 13.0. The largest absolute Gasteiger partial charge is 0.418 e. The number of benzene rings is 1. The van der Waals surface area contributed by atoms with Gasteiger partial charge in [-0.05, 0) is 18.2 Å². The van der Waals surface area contributed by atoms with E-state index in [0.717, 1.165) is 12.1 Å². The summed E-state index contributed by atoms with van der Waals surface area (Å²) in [6.07, 6.45) is -5.01. The third-order valence-electron chi connectivity index (χ3n) is 3.12. The number of nitriles is 1. The Morgan fingerprint density at radius 2 is 2.20 bits per heavy atom. The molecule has 1 aromatic carbocycles. The topological polar surface area (TPSA) is 56.5 Å². The molecule has 2 rings (SSSR count). The smallest absolute Gasteiger partial charge is 0.394 e. The Hall–Kier alpha value is -1.78. The number of hydrogen-bond donors (Lipinski definition) is 1. The van der Waals surface area contributed by atoms with Crippen LogP contribution >= 0.6 is 0 Å². The Bertz CT molecular complexity index is 525. The van der Waals surface area contributed by atoms with Gasteiger partial charge >= 0.3 is 6.18 Å². The van der Waals surface area contributed by atoms with Crippen molar-refractivity contribution in [1.82, 2.24) is 0 Å². The van der Waals surface area contributed by atoms with Crippen molar-refractivity contribution in [3.63, 3.8) is 0 Å². The van der Waals surface area contributed by atoms with Gasteiger partial charge in [0.15, 0.2) is 0 Å². The lowest BCUT2D eigenvalue weighted by molar-refractivity contribution is -0.137. The number of alkyl halides is 3. The fourth-order valence-corrected chi connectivity index (χ4v) is 2.15. The fourth-order valence-electron chi connectivity index (χ4n) is 2.15. The maximum Gasteiger partial charge on any atom is 0.418 e. The second kappa shape index (κ2) is 5.69. The zero-order valence-electron chi connectivity index (χ0n) is 10.5. The van der Waals surface area contributed by atoms with Crippen LogP contribution in [0.1, 0.15) is 11.1 Å². The highest BCUT2D eigenvalue weighted by atomic mass is 19.4. The minimum atomic E-state index is -4.49. The van der Waals surface area contributed by atoms with Gasteiger partial charge in [0.25, 0.3) is 0 Å². The molecule has 1 atom stereocenters. The van der Waals surface area contributed by atoms with E-state index in [1.165, 1.54) is 11.0 Å². The van der Waals surface area contributed by atoms with E-state index in [2.05, 4.69) is 0 Å². The molecule has 108 valence electrons. The van der Waals surface area contributed by atoms with Crippen LogP contribution in [0.25, 0.3) is 0 Å². The summed E-state index contributed by atoms with van der Waals surface area (Å²) in [5, 5.41) is 17.9. The van der Waals surface area contributed by atoms with Crippen LogP contribution < -0.4 is 4.90 Å². The van der Waals surface area contributed by atoms with E-state index in [-0.39, 0.29) is 37.6 Å². The van der Waals surface area contributed by atoms with Gasteiger partial charge in [0.1, 0.15) is 0 Å². The monoisotopic (exact) mass is 286 g/mol. The third kappa shape index (κ3) is 3.03. The van der Waals surface area contributed by atoms with E-state index in [1.54, 1.807) is 0 Å². The lowest BCUT2D eigenvalue weighted by Crippen LogP contribution is -2.44. The molecule has 0 aliphatic carbocycles. The minimum absolute atomic E-state index is 0.0432. The normalized spacial score (nSPS) is 19.8. The molecule has 1 fully saturated rings. The van der Waals surface area contributed by atoms with E-state index >= 15 is 0 Å². The molecule has 7 heteroatoms. The molecular weight excluding hydrogens is 273 g/mol. The zero-order valence-corrected chi connectivity index (χ0v) is 10.5. The van der Waals surface area contributed by atoms with Gasteiger partial charge in [-0.25, -0.2) is 0 Å². The summed E-state index contributed by atoms with van der Waals surface area (Å²) in [5.41, 5.74) is -0.659. The Balaban J connectivity index is 2.40. The molecule has 0 spiro atoms. The third-order valence-corrected chi connectivity index (χ3v) is 3.12. The number of aliphatic hydroxyl groups excluding tert-OH is 1. The van der Waals surface area contributed by atoms with Crippen molar-refractivity contribution in [2.75, 3.05) is 31.2 Å². The van der Waals surface area contributed by atoms with Gasteiger partial charge in [0.05, 0.1) is 42.2 Å². The first-order valence-corrected chi connectivity index (χ1v) is 6.04. The average Bonchev–Trinajstić information content (AvgIpc) is 2.45. The van der Waals surface area contributed by atoms with Gasteiger partial charge < -0.3 is 14.7 Å². The summed E-state index contributed by atoms with van der Waals surface area (Å²) in [6, 6.07) is 5.12. The van der Waals surface area contributed by atoms with Crippen molar-refractivity contribution in [3.05, 3.63) is 29.3 Å². The lowest BCUT2D eigenvalue weighted by Gasteiger charge is -2.35. The van der Waals surface area contributed by atoms with Crippen LogP contribution in [0.3, 0.4) is 0 Å². The summed E-state index contributed by atoms with van der Waals surface area (Å²) in [7, 11) is 0. The summed E-state index contributed by atoms with van der Waals surface area (Å²) in [4.78, 5) is 1.49. The van der Waals surface area contributed by atoms with E-state index < -0.39 is 17.8 Å². The van der Waals surface area contributed by atoms with E-state index in [4.69, 9.17) is 15.1 Å². The molecule has 1 aliphatic rings. The van der Waals surface area contributed by atoms with Gasteiger partial charge in [-0.2, -0.15) is 18.4 Å². The SMILES string of the molecule is N#Cc1ccc(C(F)(F)F)c(N2CCOC(CO)C2)c1. The Morgan fingerprint density at radius 3 is 2.80 bits per heavy atom. The molecule has 0 bridgehead atoms. The van der Waals surface area contributed by atoms with Crippen LogP contribution in [-0.2, 0) is 10.9 Å². The molecule has 4 nitrogen and oxygen atoms in total. The number of morpholine rings is 1. The summed E-state index contributed by atoms with van der Waals surface area (Å²) in [5.74, 6) is 0. The molecule has 1 aromatic rings. The summed E-state index contributed by atoms with van der Waals surface area (Å²) < 4.78 is 44.3. The van der Waals surface area contributed by atoms with Crippen molar-refractivity contribution in [2.45, 2.75) is 12.3 Å². The van der Waals surface area contributed by atoms with Gasteiger partial charge in [0, 0.05) is 13.1 Å². The number of aliphatic hydroxyl groups is 1. The van der Waals surface area contributed by atoms with Crippen LogP contribution in [0.5, 0.6) is 0 Å². The van der Waals surface area contributed by atoms with Crippen molar-refractivity contribution in [1.29, 1.82) is 5.26 Å². The number of ether oxygens (including phenoxy) is 1. The van der Waals surface area contributed by atoms with E-state index in [9.17, 15) is 13.2 Å². The highest BCUT2D eigenvalue weighted by molar-refractivity contribution is 5.59. The quantitative estimate of drug-likeness (QED) is 0.900.